The predicted molar refractivity (Wildman–Crippen MR) is 61.8 cm³/mol. The molecule has 5 heteroatoms. The molecule has 1 heterocycles. The lowest BCUT2D eigenvalue weighted by atomic mass is 10.0. The molecule has 0 bridgehead atoms. The number of rotatable bonds is 1. The van der Waals surface area contributed by atoms with E-state index in [1.165, 1.54) is 19.1 Å². The first-order chi connectivity index (χ1) is 8.00. The van der Waals surface area contributed by atoms with E-state index in [1.807, 2.05) is 0 Å². The van der Waals surface area contributed by atoms with Crippen molar-refractivity contribution in [3.05, 3.63) is 35.9 Å². The van der Waals surface area contributed by atoms with E-state index in [2.05, 4.69) is 0 Å². The van der Waals surface area contributed by atoms with E-state index in [-0.39, 0.29) is 10.7 Å². The fourth-order valence-corrected chi connectivity index (χ4v) is 3.26. The molecule has 1 aliphatic heterocycles. The van der Waals surface area contributed by atoms with E-state index in [9.17, 15) is 13.2 Å². The van der Waals surface area contributed by atoms with Crippen LogP contribution in [0, 0.1) is 0 Å². The average Bonchev–Trinajstić information content (AvgIpc) is 2.53. The first-order valence-electron chi connectivity index (χ1n) is 5.02. The molecule has 1 aliphatic rings. The van der Waals surface area contributed by atoms with Gasteiger partial charge in [-0.05, 0) is 30.5 Å². The molecular formula is C12H8O4S. The topological polar surface area (TPSA) is 60.4 Å². The minimum Gasteiger partial charge on any atom is -0.378 e. The normalized spacial score (nSPS) is 15.8. The second-order valence-corrected chi connectivity index (χ2v) is 5.40. The van der Waals surface area contributed by atoms with Gasteiger partial charge in [-0.3, -0.25) is 4.79 Å². The fourth-order valence-electron chi connectivity index (χ4n) is 2.09. The molecule has 17 heavy (non-hydrogen) atoms. The minimum atomic E-state index is -3.71. The molecule has 3 rings (SSSR count). The van der Waals surface area contributed by atoms with Gasteiger partial charge in [0.25, 0.3) is 0 Å². The Hall–Kier alpha value is -1.88. The summed E-state index contributed by atoms with van der Waals surface area (Å²) in [7, 11) is -3.71. The largest absolute Gasteiger partial charge is 0.378 e. The van der Waals surface area contributed by atoms with Gasteiger partial charge in [-0.15, -0.1) is 0 Å². The molecule has 0 N–H and O–H groups in total. The number of hydrogen-bond donors (Lipinski definition) is 0. The summed E-state index contributed by atoms with van der Waals surface area (Å²) in [5.74, 6) is 0.193. The minimum absolute atomic E-state index is 0.0991. The van der Waals surface area contributed by atoms with Crippen molar-refractivity contribution in [2.75, 3.05) is 0 Å². The summed E-state index contributed by atoms with van der Waals surface area (Å²) >= 11 is 0. The van der Waals surface area contributed by atoms with Crippen molar-refractivity contribution in [1.82, 2.24) is 0 Å². The van der Waals surface area contributed by atoms with Crippen molar-refractivity contribution in [2.45, 2.75) is 11.8 Å². The van der Waals surface area contributed by atoms with Gasteiger partial charge in [0.2, 0.25) is 0 Å². The lowest BCUT2D eigenvalue weighted by Crippen LogP contribution is -2.02. The summed E-state index contributed by atoms with van der Waals surface area (Å²) in [6.45, 7) is 1.45. The maximum absolute atomic E-state index is 11.7. The highest BCUT2D eigenvalue weighted by Crippen LogP contribution is 2.40. The smallest absolute Gasteiger partial charge is 0.340 e. The fraction of sp³-hybridized carbons (Fsp3) is 0.0833. The van der Waals surface area contributed by atoms with Crippen molar-refractivity contribution in [3.8, 4) is 5.75 Å². The molecule has 0 atom stereocenters. The SMILES string of the molecule is CC(=O)c1ccc2c3c(cccc13)S(=O)(=O)O2. The average molecular weight is 248 g/mol. The molecule has 0 unspecified atom stereocenters. The van der Waals surface area contributed by atoms with Crippen LogP contribution in [0.2, 0.25) is 0 Å². The lowest BCUT2D eigenvalue weighted by molar-refractivity contribution is 0.101. The van der Waals surface area contributed by atoms with Gasteiger partial charge in [0.05, 0.1) is 0 Å². The van der Waals surface area contributed by atoms with E-state index < -0.39 is 10.1 Å². The number of benzene rings is 2. The molecule has 2 aromatic carbocycles. The van der Waals surface area contributed by atoms with E-state index in [4.69, 9.17) is 4.18 Å². The number of carbonyl (C=O) groups excluding carboxylic acids is 1. The van der Waals surface area contributed by atoms with Crippen LogP contribution < -0.4 is 4.18 Å². The van der Waals surface area contributed by atoms with E-state index in [0.29, 0.717) is 22.1 Å². The van der Waals surface area contributed by atoms with Crippen LogP contribution in [0.4, 0.5) is 0 Å². The van der Waals surface area contributed by atoms with Crippen molar-refractivity contribution in [3.63, 3.8) is 0 Å². The van der Waals surface area contributed by atoms with Crippen LogP contribution in [0.25, 0.3) is 10.8 Å². The van der Waals surface area contributed by atoms with E-state index in [1.54, 1.807) is 18.2 Å². The zero-order valence-electron chi connectivity index (χ0n) is 8.93. The summed E-state index contributed by atoms with van der Waals surface area (Å²) in [4.78, 5) is 11.6. The highest BCUT2D eigenvalue weighted by molar-refractivity contribution is 7.87. The number of hydrogen-bond acceptors (Lipinski definition) is 4. The Balaban J connectivity index is 2.55. The van der Waals surface area contributed by atoms with Gasteiger partial charge < -0.3 is 4.18 Å². The molecule has 0 saturated carbocycles. The van der Waals surface area contributed by atoms with E-state index >= 15 is 0 Å². The van der Waals surface area contributed by atoms with Gasteiger partial charge in [0.1, 0.15) is 4.90 Å². The van der Waals surface area contributed by atoms with Crippen LogP contribution in [0.3, 0.4) is 0 Å². The van der Waals surface area contributed by atoms with Gasteiger partial charge >= 0.3 is 10.1 Å². The highest BCUT2D eigenvalue weighted by atomic mass is 32.2. The molecular weight excluding hydrogens is 240 g/mol. The maximum Gasteiger partial charge on any atom is 0.340 e. The molecule has 0 aliphatic carbocycles. The van der Waals surface area contributed by atoms with Crippen LogP contribution in [0.1, 0.15) is 17.3 Å². The predicted octanol–water partition coefficient (Wildman–Crippen LogP) is 2.12. The first kappa shape index (κ1) is 10.3. The number of Topliss-reactive ketones (excluding diaryl/α,β-unsaturated/α-hetero) is 1. The summed E-state index contributed by atoms with van der Waals surface area (Å²) in [5, 5.41) is 1.12. The second-order valence-electron chi connectivity index (χ2n) is 3.88. The molecule has 2 aromatic rings. The number of ketones is 1. The van der Waals surface area contributed by atoms with Gasteiger partial charge in [-0.25, -0.2) is 0 Å². The molecule has 4 nitrogen and oxygen atoms in total. The Kier molecular flexibility index (Phi) is 1.86. The van der Waals surface area contributed by atoms with Crippen molar-refractivity contribution in [2.24, 2.45) is 0 Å². The summed E-state index contributed by atoms with van der Waals surface area (Å²) in [5.41, 5.74) is 0.506. The van der Waals surface area contributed by atoms with Crippen LogP contribution in [0.5, 0.6) is 5.75 Å². The first-order valence-corrected chi connectivity index (χ1v) is 6.43. The Labute approximate surface area is 97.9 Å². The van der Waals surface area contributed by atoms with Crippen LogP contribution >= 0.6 is 0 Å². The molecule has 0 radical (unpaired) electrons. The van der Waals surface area contributed by atoms with Crippen LogP contribution in [-0.2, 0) is 10.1 Å². The molecule has 0 amide bonds. The highest BCUT2D eigenvalue weighted by Gasteiger charge is 2.30. The maximum atomic E-state index is 11.7. The Bertz CT molecular complexity index is 759. The Morgan fingerprint density at radius 2 is 1.94 bits per heavy atom. The van der Waals surface area contributed by atoms with Crippen LogP contribution in [0.15, 0.2) is 35.2 Å². The Morgan fingerprint density at radius 3 is 2.65 bits per heavy atom. The van der Waals surface area contributed by atoms with Crippen LogP contribution in [-0.4, -0.2) is 14.2 Å². The molecule has 0 spiro atoms. The monoisotopic (exact) mass is 248 g/mol. The summed E-state index contributed by atoms with van der Waals surface area (Å²) in [6.07, 6.45) is 0. The molecule has 86 valence electrons. The molecule has 0 aromatic heterocycles. The van der Waals surface area contributed by atoms with Gasteiger partial charge in [0.15, 0.2) is 11.5 Å². The van der Waals surface area contributed by atoms with Crippen molar-refractivity contribution in [1.29, 1.82) is 0 Å². The van der Waals surface area contributed by atoms with Gasteiger partial charge in [-0.2, -0.15) is 8.42 Å². The van der Waals surface area contributed by atoms with E-state index in [0.717, 1.165) is 0 Å². The standard InChI is InChI=1S/C12H8O4S/c1-7(13)8-5-6-10-12-9(8)3-2-4-11(12)17(14,15)16-10/h2-6H,1H3. The second kappa shape index (κ2) is 3.07. The summed E-state index contributed by atoms with van der Waals surface area (Å²) in [6, 6.07) is 7.93. The zero-order valence-corrected chi connectivity index (χ0v) is 9.74. The summed E-state index contributed by atoms with van der Waals surface area (Å²) < 4.78 is 28.3. The number of carbonyl (C=O) groups is 1. The zero-order chi connectivity index (χ0) is 12.2. The third-order valence-corrected chi connectivity index (χ3v) is 4.09. The molecule has 0 fully saturated rings. The third-order valence-electron chi connectivity index (χ3n) is 2.81. The third kappa shape index (κ3) is 1.29. The molecule has 0 saturated heterocycles. The van der Waals surface area contributed by atoms with Crippen molar-refractivity contribution < 1.29 is 17.4 Å². The van der Waals surface area contributed by atoms with Crippen molar-refractivity contribution >= 4 is 26.7 Å². The Morgan fingerprint density at radius 1 is 1.18 bits per heavy atom. The van der Waals surface area contributed by atoms with Gasteiger partial charge in [0, 0.05) is 10.9 Å². The quantitative estimate of drug-likeness (QED) is 0.573. The van der Waals surface area contributed by atoms with Gasteiger partial charge in [-0.1, -0.05) is 12.1 Å². The lowest BCUT2D eigenvalue weighted by Gasteiger charge is -2.02.